The molecule has 0 bridgehead atoms. The fourth-order valence-corrected chi connectivity index (χ4v) is 1.70. The minimum atomic E-state index is -0.211. The van der Waals surface area contributed by atoms with Crippen molar-refractivity contribution in [2.75, 3.05) is 37.7 Å². The number of nitrogens with zero attached hydrogens (tertiary/aromatic N) is 1. The van der Waals surface area contributed by atoms with E-state index in [2.05, 4.69) is 10.6 Å². The Morgan fingerprint density at radius 3 is 2.50 bits per heavy atom. The van der Waals surface area contributed by atoms with E-state index in [1.807, 2.05) is 6.92 Å². The van der Waals surface area contributed by atoms with Gasteiger partial charge in [0.25, 0.3) is 0 Å². The predicted octanol–water partition coefficient (Wildman–Crippen LogP) is 0.929. The van der Waals surface area contributed by atoms with Gasteiger partial charge in [0.05, 0.1) is 23.8 Å². The van der Waals surface area contributed by atoms with E-state index in [-0.39, 0.29) is 24.9 Å². The highest BCUT2D eigenvalue weighted by Crippen LogP contribution is 2.22. The van der Waals surface area contributed by atoms with E-state index in [1.54, 1.807) is 30.1 Å². The summed E-state index contributed by atoms with van der Waals surface area (Å²) in [6, 6.07) is 4.88. The van der Waals surface area contributed by atoms with Crippen LogP contribution in [-0.4, -0.2) is 43.4 Å². The van der Waals surface area contributed by atoms with Crippen LogP contribution >= 0.6 is 11.6 Å². The van der Waals surface area contributed by atoms with Gasteiger partial charge >= 0.3 is 0 Å². The highest BCUT2D eigenvalue weighted by Gasteiger charge is 2.12. The fraction of sp³-hybridized carbons (Fsp3) is 0.385. The third kappa shape index (κ3) is 5.07. The van der Waals surface area contributed by atoms with Crippen LogP contribution in [0.5, 0.6) is 0 Å². The number of hydrogen-bond donors (Lipinski definition) is 3. The maximum Gasteiger partial charge on any atom is 0.238 e. The predicted molar refractivity (Wildman–Crippen MR) is 80.7 cm³/mol. The second kappa shape index (κ2) is 7.72. The number of likely N-dealkylation sites (N-methyl/N-ethyl adjacent to an activating group) is 2. The molecule has 0 saturated heterocycles. The van der Waals surface area contributed by atoms with Crippen LogP contribution in [0.3, 0.4) is 0 Å². The normalized spacial score (nSPS) is 10.4. The molecule has 7 heteroatoms. The van der Waals surface area contributed by atoms with Crippen molar-refractivity contribution in [2.24, 2.45) is 0 Å². The van der Waals surface area contributed by atoms with Crippen LogP contribution in [0, 0.1) is 0 Å². The number of halogens is 1. The highest BCUT2D eigenvalue weighted by molar-refractivity contribution is 6.33. The van der Waals surface area contributed by atoms with Crippen LogP contribution in [0.15, 0.2) is 18.2 Å². The number of carbonyl (C=O) groups excluding carboxylic acids is 2. The minimum absolute atomic E-state index is 0.129. The molecule has 1 rings (SSSR count). The van der Waals surface area contributed by atoms with E-state index in [9.17, 15) is 9.59 Å². The lowest BCUT2D eigenvalue weighted by molar-refractivity contribution is -0.123. The standard InChI is InChI=1S/C13H19ClN4O2/c1-3-18(7-12(19)16-2)8-13(20)17-9-4-5-10(14)11(15)6-9/h4-6H,3,7-8,15H2,1-2H3,(H,16,19)(H,17,20). The zero-order valence-electron chi connectivity index (χ0n) is 11.6. The summed E-state index contributed by atoms with van der Waals surface area (Å²) >= 11 is 5.81. The van der Waals surface area contributed by atoms with Crippen molar-refractivity contribution in [1.29, 1.82) is 0 Å². The first kappa shape index (κ1) is 16.3. The summed E-state index contributed by atoms with van der Waals surface area (Å²) in [6.45, 7) is 2.80. The Balaban J connectivity index is 2.57. The average molecular weight is 299 g/mol. The van der Waals surface area contributed by atoms with Crippen molar-refractivity contribution < 1.29 is 9.59 Å². The number of amides is 2. The Kier molecular flexibility index (Phi) is 6.27. The molecule has 20 heavy (non-hydrogen) atoms. The van der Waals surface area contributed by atoms with E-state index in [4.69, 9.17) is 17.3 Å². The summed E-state index contributed by atoms with van der Waals surface area (Å²) in [5.74, 6) is -0.340. The van der Waals surface area contributed by atoms with Gasteiger partial charge in [0.2, 0.25) is 11.8 Å². The summed E-state index contributed by atoms with van der Waals surface area (Å²) in [6.07, 6.45) is 0. The second-order valence-corrected chi connectivity index (χ2v) is 4.67. The molecule has 0 saturated carbocycles. The summed E-state index contributed by atoms with van der Waals surface area (Å²) in [7, 11) is 1.56. The molecule has 0 aromatic heterocycles. The van der Waals surface area contributed by atoms with Gasteiger partial charge in [-0.25, -0.2) is 0 Å². The van der Waals surface area contributed by atoms with Crippen LogP contribution < -0.4 is 16.4 Å². The molecule has 110 valence electrons. The van der Waals surface area contributed by atoms with Crippen molar-refractivity contribution in [1.82, 2.24) is 10.2 Å². The monoisotopic (exact) mass is 298 g/mol. The summed E-state index contributed by atoms with van der Waals surface area (Å²) in [4.78, 5) is 24.9. The summed E-state index contributed by atoms with van der Waals surface area (Å²) in [5.41, 5.74) is 6.64. The number of nitrogen functional groups attached to an aromatic ring is 1. The SMILES string of the molecule is CCN(CC(=O)NC)CC(=O)Nc1ccc(Cl)c(N)c1. The Bertz CT molecular complexity index is 493. The lowest BCUT2D eigenvalue weighted by atomic mass is 10.3. The van der Waals surface area contributed by atoms with Crippen LogP contribution in [0.4, 0.5) is 11.4 Å². The smallest absolute Gasteiger partial charge is 0.238 e. The van der Waals surface area contributed by atoms with Gasteiger partial charge in [-0.15, -0.1) is 0 Å². The number of benzene rings is 1. The molecule has 0 unspecified atom stereocenters. The maximum absolute atomic E-state index is 11.9. The van der Waals surface area contributed by atoms with Crippen molar-refractivity contribution in [3.8, 4) is 0 Å². The average Bonchev–Trinajstić information content (AvgIpc) is 2.41. The van der Waals surface area contributed by atoms with Gasteiger partial charge in [0.15, 0.2) is 0 Å². The molecule has 0 atom stereocenters. The number of nitrogens with one attached hydrogen (secondary N) is 2. The Morgan fingerprint density at radius 2 is 1.95 bits per heavy atom. The topological polar surface area (TPSA) is 87.5 Å². The van der Waals surface area contributed by atoms with Crippen LogP contribution in [0.2, 0.25) is 5.02 Å². The first-order valence-electron chi connectivity index (χ1n) is 6.24. The van der Waals surface area contributed by atoms with Crippen molar-refractivity contribution in [2.45, 2.75) is 6.92 Å². The lowest BCUT2D eigenvalue weighted by Gasteiger charge is -2.18. The first-order valence-corrected chi connectivity index (χ1v) is 6.61. The molecular formula is C13H19ClN4O2. The zero-order valence-corrected chi connectivity index (χ0v) is 12.3. The number of carbonyl (C=O) groups is 2. The Morgan fingerprint density at radius 1 is 1.30 bits per heavy atom. The van der Waals surface area contributed by atoms with Crippen molar-refractivity contribution in [3.63, 3.8) is 0 Å². The number of hydrogen-bond acceptors (Lipinski definition) is 4. The van der Waals surface area contributed by atoms with Gasteiger partial charge in [-0.2, -0.15) is 0 Å². The first-order chi connectivity index (χ1) is 9.46. The maximum atomic E-state index is 11.9. The zero-order chi connectivity index (χ0) is 15.1. The van der Waals surface area contributed by atoms with Gasteiger partial charge in [-0.3, -0.25) is 14.5 Å². The minimum Gasteiger partial charge on any atom is -0.397 e. The Hall–Kier alpha value is -1.79. The Labute approximate surface area is 123 Å². The summed E-state index contributed by atoms with van der Waals surface area (Å²) in [5, 5.41) is 5.68. The van der Waals surface area contributed by atoms with E-state index >= 15 is 0 Å². The quantitative estimate of drug-likeness (QED) is 0.682. The van der Waals surface area contributed by atoms with E-state index in [0.717, 1.165) is 0 Å². The molecular weight excluding hydrogens is 280 g/mol. The molecule has 1 aromatic carbocycles. The number of anilines is 2. The molecule has 6 nitrogen and oxygen atoms in total. The third-order valence-electron chi connectivity index (χ3n) is 2.74. The number of rotatable bonds is 6. The molecule has 4 N–H and O–H groups in total. The molecule has 0 radical (unpaired) electrons. The number of nitrogens with two attached hydrogens (primary N) is 1. The molecule has 0 aliphatic rings. The largest absolute Gasteiger partial charge is 0.397 e. The fourth-order valence-electron chi connectivity index (χ4n) is 1.59. The van der Waals surface area contributed by atoms with Gasteiger partial charge in [-0.1, -0.05) is 18.5 Å². The molecule has 0 spiro atoms. The van der Waals surface area contributed by atoms with Gasteiger partial charge in [0, 0.05) is 12.7 Å². The molecule has 0 aliphatic heterocycles. The van der Waals surface area contributed by atoms with Crippen molar-refractivity contribution in [3.05, 3.63) is 23.2 Å². The van der Waals surface area contributed by atoms with Crippen LogP contribution in [0.25, 0.3) is 0 Å². The molecule has 1 aromatic rings. The summed E-state index contributed by atoms with van der Waals surface area (Å²) < 4.78 is 0. The lowest BCUT2D eigenvalue weighted by Crippen LogP contribution is -2.40. The molecule has 0 aliphatic carbocycles. The van der Waals surface area contributed by atoms with Crippen molar-refractivity contribution >= 4 is 34.8 Å². The van der Waals surface area contributed by atoms with E-state index in [0.29, 0.717) is 22.9 Å². The van der Waals surface area contributed by atoms with Crippen LogP contribution in [-0.2, 0) is 9.59 Å². The third-order valence-corrected chi connectivity index (χ3v) is 3.08. The molecule has 2 amide bonds. The van der Waals surface area contributed by atoms with Gasteiger partial charge in [-0.05, 0) is 24.7 Å². The highest BCUT2D eigenvalue weighted by atomic mass is 35.5. The van der Waals surface area contributed by atoms with Gasteiger partial charge < -0.3 is 16.4 Å². The molecule has 0 fully saturated rings. The van der Waals surface area contributed by atoms with E-state index in [1.165, 1.54) is 0 Å². The molecule has 0 heterocycles. The van der Waals surface area contributed by atoms with Crippen LogP contribution in [0.1, 0.15) is 6.92 Å². The van der Waals surface area contributed by atoms with E-state index < -0.39 is 0 Å². The van der Waals surface area contributed by atoms with Gasteiger partial charge in [0.1, 0.15) is 0 Å². The second-order valence-electron chi connectivity index (χ2n) is 4.26.